The third kappa shape index (κ3) is 9.53. The number of aldehydes is 1. The van der Waals surface area contributed by atoms with E-state index in [-0.39, 0.29) is 31.0 Å². The first kappa shape index (κ1) is 35.2. The maximum absolute atomic E-state index is 13.1. The lowest BCUT2D eigenvalue weighted by molar-refractivity contribution is -0.897. The predicted molar refractivity (Wildman–Crippen MR) is 153 cm³/mol. The molecule has 12 atom stereocenters. The molecule has 0 aromatic carbocycles. The molecule has 2 rings (SSSR count). The number of cyclic esters (lactones) is 1. The summed E-state index contributed by atoms with van der Waals surface area (Å²) < 4.78 is 18.0. The molecule has 0 unspecified atom stereocenters. The molecule has 41 heavy (non-hydrogen) atoms. The number of ether oxygens (including phenoxy) is 3. The Morgan fingerprint density at radius 1 is 1.07 bits per heavy atom. The molecule has 0 aromatic rings. The number of esters is 1. The number of rotatable bonds is 6. The number of quaternary nitrogens is 1. The number of aliphatic hydroxyl groups excluding tert-OH is 3. The van der Waals surface area contributed by atoms with Gasteiger partial charge >= 0.3 is 5.97 Å². The number of allylic oxidation sites excluding steroid dienone is 3. The topological polar surface area (TPSA) is 144 Å². The second kappa shape index (κ2) is 16.0. The molecule has 2 heterocycles. The molecule has 0 amide bonds. The van der Waals surface area contributed by atoms with Crippen molar-refractivity contribution < 1.29 is 48.8 Å². The second-order valence-electron chi connectivity index (χ2n) is 12.3. The average Bonchev–Trinajstić information content (AvgIpc) is 2.90. The SMILES string of the molecule is CC[C@H]1OC(=O)C[C@@H](O)[C@H](C)[C@@H](O[C@@H]2O[C@H](C)[C@@H](O)[C@H]([NH+](C)C)[C@H]2O)[C@@H](CC=O)C[C@@H](C)C(=O)/C=C/C(C)=C/[C@@H]1C. The first-order chi connectivity index (χ1) is 19.2. The van der Waals surface area contributed by atoms with Gasteiger partial charge in [0.25, 0.3) is 0 Å². The Labute approximate surface area is 244 Å². The van der Waals surface area contributed by atoms with E-state index in [1.165, 1.54) is 6.08 Å². The van der Waals surface area contributed by atoms with E-state index in [0.29, 0.717) is 6.42 Å². The fourth-order valence-electron chi connectivity index (χ4n) is 6.02. The summed E-state index contributed by atoms with van der Waals surface area (Å²) in [5, 5.41) is 33.0. The molecule has 234 valence electrons. The Morgan fingerprint density at radius 2 is 1.73 bits per heavy atom. The van der Waals surface area contributed by atoms with Gasteiger partial charge in [-0.3, -0.25) is 9.59 Å². The van der Waals surface area contributed by atoms with E-state index in [1.54, 1.807) is 26.8 Å². The van der Waals surface area contributed by atoms with Crippen molar-refractivity contribution in [3.8, 4) is 0 Å². The lowest BCUT2D eigenvalue weighted by Gasteiger charge is -2.45. The van der Waals surface area contributed by atoms with Gasteiger partial charge in [0.2, 0.25) is 0 Å². The van der Waals surface area contributed by atoms with Crippen LogP contribution in [0.2, 0.25) is 0 Å². The predicted octanol–water partition coefficient (Wildman–Crippen LogP) is 1.01. The molecule has 0 aromatic heterocycles. The van der Waals surface area contributed by atoms with Gasteiger partial charge in [-0.05, 0) is 38.7 Å². The van der Waals surface area contributed by atoms with E-state index in [0.717, 1.165) is 16.8 Å². The molecule has 10 nitrogen and oxygen atoms in total. The van der Waals surface area contributed by atoms with Crippen LogP contribution in [0.4, 0.5) is 0 Å². The fourth-order valence-corrected chi connectivity index (χ4v) is 6.02. The molecular weight excluding hydrogens is 530 g/mol. The van der Waals surface area contributed by atoms with Crippen LogP contribution in [0.15, 0.2) is 23.8 Å². The molecule has 10 heteroatoms. The molecule has 4 N–H and O–H groups in total. The molecule has 1 fully saturated rings. The molecule has 2 aliphatic heterocycles. The summed E-state index contributed by atoms with van der Waals surface area (Å²) >= 11 is 0. The minimum absolute atomic E-state index is 0.0330. The highest BCUT2D eigenvalue weighted by atomic mass is 16.7. The van der Waals surface area contributed by atoms with Gasteiger partial charge in [-0.25, -0.2) is 0 Å². The van der Waals surface area contributed by atoms with Gasteiger partial charge in [-0.1, -0.05) is 45.4 Å². The molecule has 0 radical (unpaired) electrons. The first-order valence-corrected chi connectivity index (χ1v) is 14.9. The summed E-state index contributed by atoms with van der Waals surface area (Å²) in [6.45, 7) is 10.9. The van der Waals surface area contributed by atoms with Gasteiger partial charge in [0.05, 0.1) is 38.8 Å². The summed E-state index contributed by atoms with van der Waals surface area (Å²) in [5.74, 6) is -2.45. The minimum atomic E-state index is -1.21. The molecule has 0 bridgehead atoms. The summed E-state index contributed by atoms with van der Waals surface area (Å²) in [4.78, 5) is 38.6. The van der Waals surface area contributed by atoms with Crippen molar-refractivity contribution in [2.45, 2.75) is 116 Å². The van der Waals surface area contributed by atoms with Gasteiger partial charge in [-0.2, -0.15) is 0 Å². The summed E-state index contributed by atoms with van der Waals surface area (Å²) in [6, 6.07) is -0.607. The zero-order valence-electron chi connectivity index (χ0n) is 25.9. The maximum atomic E-state index is 13.1. The number of ketones is 1. The number of nitrogens with one attached hydrogen (secondary N) is 1. The van der Waals surface area contributed by atoms with Crippen LogP contribution in [-0.2, 0) is 28.6 Å². The van der Waals surface area contributed by atoms with Gasteiger partial charge in [0.15, 0.2) is 18.2 Å². The largest absolute Gasteiger partial charge is 0.462 e. The van der Waals surface area contributed by atoms with Crippen LogP contribution in [0.25, 0.3) is 0 Å². The van der Waals surface area contributed by atoms with Crippen molar-refractivity contribution in [3.63, 3.8) is 0 Å². The van der Waals surface area contributed by atoms with Crippen molar-refractivity contribution in [3.05, 3.63) is 23.8 Å². The van der Waals surface area contributed by atoms with E-state index in [4.69, 9.17) is 14.2 Å². The molecule has 0 spiro atoms. The lowest BCUT2D eigenvalue weighted by Crippen LogP contribution is -3.14. The number of carbonyl (C=O) groups excluding carboxylic acids is 3. The molecule has 2 aliphatic rings. The zero-order valence-corrected chi connectivity index (χ0v) is 25.9. The zero-order chi connectivity index (χ0) is 31.0. The van der Waals surface area contributed by atoms with Gasteiger partial charge in [-0.15, -0.1) is 0 Å². The van der Waals surface area contributed by atoms with Crippen LogP contribution >= 0.6 is 0 Å². The van der Waals surface area contributed by atoms with Crippen LogP contribution < -0.4 is 4.90 Å². The van der Waals surface area contributed by atoms with E-state index in [1.807, 2.05) is 40.9 Å². The number of likely N-dealkylation sites (N-methyl/N-ethyl adjacent to an activating group) is 1. The van der Waals surface area contributed by atoms with E-state index in [2.05, 4.69) is 0 Å². The maximum Gasteiger partial charge on any atom is 0.308 e. The molecule has 0 aliphatic carbocycles. The Bertz CT molecular complexity index is 935. The van der Waals surface area contributed by atoms with Gasteiger partial charge < -0.3 is 39.2 Å². The number of hydrogen-bond donors (Lipinski definition) is 4. The highest BCUT2D eigenvalue weighted by molar-refractivity contribution is 5.91. The fraction of sp³-hybridized carbons (Fsp3) is 0.774. The molecular formula is C31H52NO9+. The number of hydrogen-bond acceptors (Lipinski definition) is 9. The summed E-state index contributed by atoms with van der Waals surface area (Å²) in [5.41, 5.74) is 0.858. The Morgan fingerprint density at radius 3 is 2.32 bits per heavy atom. The van der Waals surface area contributed by atoms with Crippen LogP contribution in [-0.4, -0.2) is 96.4 Å². The smallest absolute Gasteiger partial charge is 0.308 e. The third-order valence-corrected chi connectivity index (χ3v) is 8.62. The molecule has 1 saturated heterocycles. The highest BCUT2D eigenvalue weighted by Crippen LogP contribution is 2.33. The quantitative estimate of drug-likeness (QED) is 0.266. The van der Waals surface area contributed by atoms with Crippen LogP contribution in [0.3, 0.4) is 0 Å². The monoisotopic (exact) mass is 582 g/mol. The third-order valence-electron chi connectivity index (χ3n) is 8.62. The van der Waals surface area contributed by atoms with Crippen molar-refractivity contribution in [1.29, 1.82) is 0 Å². The van der Waals surface area contributed by atoms with E-state index >= 15 is 0 Å². The highest BCUT2D eigenvalue weighted by Gasteiger charge is 2.49. The Balaban J connectivity index is 2.50. The molecule has 0 saturated carbocycles. The van der Waals surface area contributed by atoms with E-state index in [9.17, 15) is 29.7 Å². The summed E-state index contributed by atoms with van der Waals surface area (Å²) in [6.07, 6.45) is 0.140. The van der Waals surface area contributed by atoms with E-state index < -0.39 is 72.7 Å². The van der Waals surface area contributed by atoms with Crippen molar-refractivity contribution in [2.24, 2.45) is 23.7 Å². The van der Waals surface area contributed by atoms with Crippen LogP contribution in [0.1, 0.15) is 67.2 Å². The standard InChI is InChI=1S/C31H51NO9/c1-9-25-19(4)14-17(2)10-11-23(34)18(3)15-22(12-13-33)30(20(5)24(35)16-26(36)40-25)41-31-29(38)27(32(7)8)28(37)21(6)39-31/h10-11,13-14,18-22,24-25,27-31,35,37-38H,9,12,15-16H2,1-8H3/p+1/b11-10+,17-14+/t18-,19+,20+,21-,22+,24-,25-,27+,28-,29-,30-,31+/m1/s1. The van der Waals surface area contributed by atoms with Crippen molar-refractivity contribution >= 4 is 18.0 Å². The Kier molecular flexibility index (Phi) is 13.8. The Hall–Kier alpha value is -1.95. The van der Waals surface area contributed by atoms with Crippen molar-refractivity contribution in [1.82, 2.24) is 0 Å². The lowest BCUT2D eigenvalue weighted by atomic mass is 9.79. The number of aliphatic hydroxyl groups is 3. The first-order valence-electron chi connectivity index (χ1n) is 14.9. The number of carbonyl (C=O) groups is 3. The second-order valence-corrected chi connectivity index (χ2v) is 12.3. The van der Waals surface area contributed by atoms with Crippen molar-refractivity contribution in [2.75, 3.05) is 14.1 Å². The minimum Gasteiger partial charge on any atom is -0.462 e. The van der Waals surface area contributed by atoms with Crippen LogP contribution in [0.5, 0.6) is 0 Å². The van der Waals surface area contributed by atoms with Crippen LogP contribution in [0, 0.1) is 23.7 Å². The summed E-state index contributed by atoms with van der Waals surface area (Å²) in [7, 11) is 3.63. The van der Waals surface area contributed by atoms with Gasteiger partial charge in [0, 0.05) is 24.2 Å². The normalized spacial score (nSPS) is 42.3. The van der Waals surface area contributed by atoms with Gasteiger partial charge in [0.1, 0.15) is 24.5 Å². The average molecular weight is 583 g/mol.